The molecule has 0 saturated carbocycles. The van der Waals surface area contributed by atoms with E-state index in [9.17, 15) is 9.00 Å². The zero-order valence-electron chi connectivity index (χ0n) is 8.12. The van der Waals surface area contributed by atoms with Gasteiger partial charge in [-0.2, -0.15) is 0 Å². The van der Waals surface area contributed by atoms with Crippen molar-refractivity contribution in [2.75, 3.05) is 11.1 Å². The summed E-state index contributed by atoms with van der Waals surface area (Å²) in [5.74, 6) is -0.0383. The first-order chi connectivity index (χ1) is 7.09. The van der Waals surface area contributed by atoms with Crippen LogP contribution in [0.1, 0.15) is 6.92 Å². The highest BCUT2D eigenvalue weighted by Crippen LogP contribution is 2.31. The number of hydrogen-bond acceptors (Lipinski definition) is 2. The van der Waals surface area contributed by atoms with E-state index in [1.807, 2.05) is 0 Å². The minimum Gasteiger partial charge on any atom is -0.324 e. The van der Waals surface area contributed by atoms with Crippen molar-refractivity contribution in [1.82, 2.24) is 0 Å². The number of carbonyl (C=O) groups excluding carboxylic acids is 1. The molecule has 2 unspecified atom stereocenters. The summed E-state index contributed by atoms with van der Waals surface area (Å²) >= 11 is 5.94. The van der Waals surface area contributed by atoms with Crippen LogP contribution in [0.15, 0.2) is 23.1 Å². The average molecular weight is 244 g/mol. The Morgan fingerprint density at radius 2 is 2.27 bits per heavy atom. The zero-order chi connectivity index (χ0) is 11.0. The summed E-state index contributed by atoms with van der Waals surface area (Å²) in [5.41, 5.74) is 0.492. The summed E-state index contributed by atoms with van der Waals surface area (Å²) in [6.07, 6.45) is 0. The topological polar surface area (TPSA) is 46.2 Å². The molecule has 1 aromatic rings. The molecular weight excluding hydrogens is 234 g/mol. The number of halogens is 1. The highest BCUT2D eigenvalue weighted by atomic mass is 35.5. The van der Waals surface area contributed by atoms with Crippen LogP contribution in [0, 0.1) is 5.92 Å². The first-order valence-corrected chi connectivity index (χ1v) is 6.27. The number of amides is 1. The van der Waals surface area contributed by atoms with Gasteiger partial charge in [0.1, 0.15) is 0 Å². The van der Waals surface area contributed by atoms with E-state index < -0.39 is 10.8 Å². The molecule has 0 fully saturated rings. The maximum Gasteiger partial charge on any atom is 0.228 e. The Balaban J connectivity index is 2.56. The van der Waals surface area contributed by atoms with Gasteiger partial charge in [0.15, 0.2) is 0 Å². The van der Waals surface area contributed by atoms with E-state index in [0.29, 0.717) is 21.4 Å². The van der Waals surface area contributed by atoms with Crippen LogP contribution in [-0.2, 0) is 15.6 Å². The van der Waals surface area contributed by atoms with Crippen LogP contribution in [0.3, 0.4) is 0 Å². The normalized spacial score (nSPS) is 25.3. The van der Waals surface area contributed by atoms with Crippen LogP contribution in [0.4, 0.5) is 5.69 Å². The molecule has 2 rings (SSSR count). The molecule has 15 heavy (non-hydrogen) atoms. The largest absolute Gasteiger partial charge is 0.324 e. The second-order valence-electron chi connectivity index (χ2n) is 3.52. The number of nitrogens with one attached hydrogen (secondary N) is 1. The number of fused-ring (bicyclic) bond motifs is 1. The second-order valence-corrected chi connectivity index (χ2v) is 5.39. The maximum absolute atomic E-state index is 11.9. The summed E-state index contributed by atoms with van der Waals surface area (Å²) in [7, 11) is -1.16. The van der Waals surface area contributed by atoms with Gasteiger partial charge in [0.2, 0.25) is 5.91 Å². The van der Waals surface area contributed by atoms with Crippen LogP contribution in [0.2, 0.25) is 5.02 Å². The second kappa shape index (κ2) is 3.94. The quantitative estimate of drug-likeness (QED) is 0.758. The van der Waals surface area contributed by atoms with Crippen LogP contribution >= 0.6 is 11.6 Å². The molecule has 3 nitrogen and oxygen atoms in total. The summed E-state index contributed by atoms with van der Waals surface area (Å²) < 4.78 is 11.9. The third-order valence-electron chi connectivity index (χ3n) is 2.32. The Labute approximate surface area is 95.3 Å². The van der Waals surface area contributed by atoms with Gasteiger partial charge in [-0.05, 0) is 12.1 Å². The van der Waals surface area contributed by atoms with Crippen LogP contribution in [0.5, 0.6) is 0 Å². The van der Waals surface area contributed by atoms with E-state index in [-0.39, 0.29) is 11.8 Å². The molecular formula is C10H10ClNO2S. The lowest BCUT2D eigenvalue weighted by Gasteiger charge is -2.07. The van der Waals surface area contributed by atoms with Crippen molar-refractivity contribution in [2.45, 2.75) is 11.8 Å². The molecule has 1 N–H and O–H groups in total. The first-order valence-electron chi connectivity index (χ1n) is 4.57. The van der Waals surface area contributed by atoms with E-state index in [0.717, 1.165) is 0 Å². The molecule has 0 spiro atoms. The standard InChI is InChI=1S/C10H10ClNO2S/c1-6-5-15(14)8-4-2-3-7(11)9(8)12-10(6)13/h2-4,6H,5H2,1H3,(H,12,13). The lowest BCUT2D eigenvalue weighted by molar-refractivity contribution is -0.118. The fraction of sp³-hybridized carbons (Fsp3) is 0.300. The summed E-state index contributed by atoms with van der Waals surface area (Å²) in [5, 5.41) is 3.14. The van der Waals surface area contributed by atoms with Crippen molar-refractivity contribution in [2.24, 2.45) is 5.92 Å². The predicted molar refractivity (Wildman–Crippen MR) is 60.5 cm³/mol. The van der Waals surface area contributed by atoms with Gasteiger partial charge in [-0.3, -0.25) is 9.00 Å². The minimum absolute atomic E-state index is 0.129. The third kappa shape index (κ3) is 1.92. The highest BCUT2D eigenvalue weighted by molar-refractivity contribution is 7.85. The lowest BCUT2D eigenvalue weighted by Crippen LogP contribution is -2.21. The van der Waals surface area contributed by atoms with Gasteiger partial charge in [-0.1, -0.05) is 24.6 Å². The molecule has 2 atom stereocenters. The SMILES string of the molecule is CC1CS(=O)c2cccc(Cl)c2NC1=O. The Morgan fingerprint density at radius 3 is 3.00 bits per heavy atom. The first kappa shape index (κ1) is 10.6. The predicted octanol–water partition coefficient (Wildman–Crippen LogP) is 2.04. The van der Waals surface area contributed by atoms with Gasteiger partial charge in [-0.25, -0.2) is 0 Å². The van der Waals surface area contributed by atoms with Crippen LogP contribution < -0.4 is 5.32 Å². The molecule has 1 amide bonds. The van der Waals surface area contributed by atoms with Crippen molar-refractivity contribution in [3.63, 3.8) is 0 Å². The number of benzene rings is 1. The Hall–Kier alpha value is -0.870. The van der Waals surface area contributed by atoms with E-state index in [1.165, 1.54) is 0 Å². The van der Waals surface area contributed by atoms with Crippen LogP contribution in [-0.4, -0.2) is 15.9 Å². The van der Waals surface area contributed by atoms with Gasteiger partial charge in [0, 0.05) is 11.7 Å². The molecule has 1 aromatic carbocycles. The van der Waals surface area contributed by atoms with Crippen molar-refractivity contribution in [1.29, 1.82) is 0 Å². The number of rotatable bonds is 0. The monoisotopic (exact) mass is 243 g/mol. The zero-order valence-corrected chi connectivity index (χ0v) is 9.69. The minimum atomic E-state index is -1.16. The average Bonchev–Trinajstić information content (AvgIpc) is 2.29. The van der Waals surface area contributed by atoms with E-state index in [1.54, 1.807) is 25.1 Å². The molecule has 0 saturated heterocycles. The lowest BCUT2D eigenvalue weighted by atomic mass is 10.2. The Bertz CT molecular complexity index is 447. The number of hydrogen-bond donors (Lipinski definition) is 1. The molecule has 5 heteroatoms. The summed E-state index contributed by atoms with van der Waals surface area (Å²) in [4.78, 5) is 12.2. The van der Waals surface area contributed by atoms with Crippen molar-refractivity contribution < 1.29 is 9.00 Å². The van der Waals surface area contributed by atoms with Gasteiger partial charge in [0.25, 0.3) is 0 Å². The van der Waals surface area contributed by atoms with E-state index in [2.05, 4.69) is 5.32 Å². The number of para-hydroxylation sites is 1. The molecule has 80 valence electrons. The highest BCUT2D eigenvalue weighted by Gasteiger charge is 2.25. The van der Waals surface area contributed by atoms with Gasteiger partial charge < -0.3 is 5.32 Å². The fourth-order valence-corrected chi connectivity index (χ4v) is 3.14. The van der Waals surface area contributed by atoms with Crippen molar-refractivity contribution >= 4 is 34.0 Å². The van der Waals surface area contributed by atoms with Gasteiger partial charge in [-0.15, -0.1) is 0 Å². The smallest absolute Gasteiger partial charge is 0.228 e. The van der Waals surface area contributed by atoms with Gasteiger partial charge >= 0.3 is 0 Å². The van der Waals surface area contributed by atoms with Crippen molar-refractivity contribution in [3.05, 3.63) is 23.2 Å². The number of carbonyl (C=O) groups is 1. The Kier molecular flexibility index (Phi) is 2.80. The molecule has 0 radical (unpaired) electrons. The molecule has 1 heterocycles. The maximum atomic E-state index is 11.9. The van der Waals surface area contributed by atoms with Gasteiger partial charge in [0.05, 0.1) is 26.4 Å². The molecule has 1 aliphatic rings. The Morgan fingerprint density at radius 1 is 1.53 bits per heavy atom. The van der Waals surface area contributed by atoms with Crippen molar-refractivity contribution in [3.8, 4) is 0 Å². The van der Waals surface area contributed by atoms with E-state index in [4.69, 9.17) is 11.6 Å². The summed E-state index contributed by atoms with van der Waals surface area (Å²) in [6.45, 7) is 1.76. The fourth-order valence-electron chi connectivity index (χ4n) is 1.45. The third-order valence-corrected chi connectivity index (χ3v) is 4.27. The molecule has 0 bridgehead atoms. The summed E-state index contributed by atoms with van der Waals surface area (Å²) in [6, 6.07) is 5.14. The number of anilines is 1. The van der Waals surface area contributed by atoms with E-state index >= 15 is 0 Å². The van der Waals surface area contributed by atoms with Crippen LogP contribution in [0.25, 0.3) is 0 Å². The molecule has 0 aromatic heterocycles. The molecule has 0 aliphatic carbocycles. The molecule has 1 aliphatic heterocycles.